The minimum atomic E-state index is -0.0622. The fourth-order valence-corrected chi connectivity index (χ4v) is 6.66. The number of benzene rings is 4. The second-order valence-electron chi connectivity index (χ2n) is 9.94. The van der Waals surface area contributed by atoms with Crippen molar-refractivity contribution in [1.29, 1.82) is 0 Å². The van der Waals surface area contributed by atoms with Crippen LogP contribution >= 0.6 is 22.9 Å². The molecule has 3 heteroatoms. The van der Waals surface area contributed by atoms with E-state index in [4.69, 9.17) is 11.6 Å². The Labute approximate surface area is 228 Å². The van der Waals surface area contributed by atoms with Crippen molar-refractivity contribution in [3.63, 3.8) is 0 Å². The Morgan fingerprint density at radius 3 is 2.35 bits per heavy atom. The molecule has 0 amide bonds. The lowest BCUT2D eigenvalue weighted by atomic mass is 9.82. The molecule has 0 bridgehead atoms. The summed E-state index contributed by atoms with van der Waals surface area (Å²) in [4.78, 5) is 2.37. The monoisotopic (exact) mass is 517 g/mol. The summed E-state index contributed by atoms with van der Waals surface area (Å²) in [5.74, 6) is 0. The van der Waals surface area contributed by atoms with Gasteiger partial charge in [0.1, 0.15) is 0 Å². The number of rotatable bonds is 5. The lowest BCUT2D eigenvalue weighted by Crippen LogP contribution is -2.16. The number of hydrogen-bond acceptors (Lipinski definition) is 2. The zero-order chi connectivity index (χ0) is 25.6. The molecule has 5 aromatic rings. The van der Waals surface area contributed by atoms with E-state index in [1.165, 1.54) is 43.6 Å². The van der Waals surface area contributed by atoms with Gasteiger partial charge in [-0.15, -0.1) is 11.3 Å². The Bertz CT molecular complexity index is 1670. The zero-order valence-corrected chi connectivity index (χ0v) is 22.8. The van der Waals surface area contributed by atoms with Gasteiger partial charge in [0.25, 0.3) is 0 Å². The molecular weight excluding hydrogens is 490 g/mol. The van der Waals surface area contributed by atoms with Gasteiger partial charge in [0.2, 0.25) is 0 Å². The molecular formula is C34H28ClNS. The number of halogens is 1. The van der Waals surface area contributed by atoms with Crippen LogP contribution in [0.3, 0.4) is 0 Å². The predicted molar refractivity (Wildman–Crippen MR) is 163 cm³/mol. The summed E-state index contributed by atoms with van der Waals surface area (Å²) in [7, 11) is 0. The Hall–Kier alpha value is -3.59. The van der Waals surface area contributed by atoms with Crippen LogP contribution in [0.1, 0.15) is 37.5 Å². The van der Waals surface area contributed by atoms with Crippen molar-refractivity contribution in [3.8, 4) is 11.1 Å². The van der Waals surface area contributed by atoms with Crippen LogP contribution in [0.4, 0.5) is 17.1 Å². The number of fused-ring (bicyclic) bond motifs is 4. The SMILES string of the molecule is C/C=C\C=C/c1csc2c(N(c3ccc(Cl)cc3)c3ccc4c(c3)C(C)(C)c3ccccc3-4)cccc12. The normalized spacial score (nSPS) is 13.9. The molecule has 0 atom stereocenters. The fourth-order valence-electron chi connectivity index (χ4n) is 5.49. The summed E-state index contributed by atoms with van der Waals surface area (Å²) in [6.45, 7) is 6.70. The van der Waals surface area contributed by atoms with E-state index in [1.807, 2.05) is 25.1 Å². The van der Waals surface area contributed by atoms with Gasteiger partial charge in [0.05, 0.1) is 10.4 Å². The van der Waals surface area contributed by atoms with Crippen LogP contribution in [0, 0.1) is 0 Å². The third-order valence-corrected chi connectivity index (χ3v) is 8.63. The molecule has 0 saturated heterocycles. The molecule has 1 heterocycles. The van der Waals surface area contributed by atoms with Crippen molar-refractivity contribution >= 4 is 56.2 Å². The lowest BCUT2D eigenvalue weighted by Gasteiger charge is -2.28. The van der Waals surface area contributed by atoms with Gasteiger partial charge in [-0.3, -0.25) is 0 Å². The van der Waals surface area contributed by atoms with E-state index in [-0.39, 0.29) is 5.41 Å². The number of nitrogens with zero attached hydrogens (tertiary/aromatic N) is 1. The van der Waals surface area contributed by atoms with Gasteiger partial charge in [-0.2, -0.15) is 0 Å². The quantitative estimate of drug-likeness (QED) is 0.209. The zero-order valence-electron chi connectivity index (χ0n) is 21.2. The average molecular weight is 518 g/mol. The largest absolute Gasteiger partial charge is 0.309 e. The summed E-state index contributed by atoms with van der Waals surface area (Å²) in [5, 5.41) is 4.24. The Morgan fingerprint density at radius 1 is 0.784 bits per heavy atom. The van der Waals surface area contributed by atoms with E-state index in [0.717, 1.165) is 16.4 Å². The maximum absolute atomic E-state index is 6.30. The molecule has 4 aromatic carbocycles. The summed E-state index contributed by atoms with van der Waals surface area (Å²) in [5.41, 5.74) is 9.99. The molecule has 37 heavy (non-hydrogen) atoms. The van der Waals surface area contributed by atoms with E-state index >= 15 is 0 Å². The number of hydrogen-bond donors (Lipinski definition) is 0. The van der Waals surface area contributed by atoms with E-state index in [9.17, 15) is 0 Å². The summed E-state index contributed by atoms with van der Waals surface area (Å²) in [6.07, 6.45) is 8.40. The van der Waals surface area contributed by atoms with Crippen molar-refractivity contribution in [1.82, 2.24) is 0 Å². The molecule has 1 nitrogen and oxygen atoms in total. The first-order chi connectivity index (χ1) is 18.0. The van der Waals surface area contributed by atoms with E-state index < -0.39 is 0 Å². The average Bonchev–Trinajstić information content (AvgIpc) is 3.43. The highest BCUT2D eigenvalue weighted by molar-refractivity contribution is 7.18. The van der Waals surface area contributed by atoms with Crippen molar-refractivity contribution in [2.24, 2.45) is 0 Å². The molecule has 1 aliphatic carbocycles. The third kappa shape index (κ3) is 4.01. The first-order valence-electron chi connectivity index (χ1n) is 12.6. The van der Waals surface area contributed by atoms with Crippen molar-refractivity contribution in [3.05, 3.63) is 130 Å². The van der Waals surface area contributed by atoms with Gasteiger partial charge < -0.3 is 4.90 Å². The molecule has 0 unspecified atom stereocenters. The maximum Gasteiger partial charge on any atom is 0.0640 e. The highest BCUT2D eigenvalue weighted by Gasteiger charge is 2.35. The second-order valence-corrected chi connectivity index (χ2v) is 11.3. The van der Waals surface area contributed by atoms with Crippen LogP contribution in [0.25, 0.3) is 27.3 Å². The molecule has 182 valence electrons. The van der Waals surface area contributed by atoms with E-state index in [1.54, 1.807) is 11.3 Å². The van der Waals surface area contributed by atoms with Gasteiger partial charge in [-0.1, -0.05) is 92.2 Å². The third-order valence-electron chi connectivity index (χ3n) is 7.34. The standard InChI is InChI=1S/C34H28ClNS/c1-4-5-6-10-23-22-37-33-27(23)12-9-14-32(33)36(25-17-15-24(35)16-18-25)26-19-20-29-28-11-7-8-13-30(28)34(2,3)31(29)21-26/h4-22H,1-3H3/b5-4-,10-6-. The van der Waals surface area contributed by atoms with Gasteiger partial charge >= 0.3 is 0 Å². The van der Waals surface area contributed by atoms with Gasteiger partial charge in [-0.25, -0.2) is 0 Å². The summed E-state index contributed by atoms with van der Waals surface area (Å²) >= 11 is 8.09. The summed E-state index contributed by atoms with van der Waals surface area (Å²) < 4.78 is 1.26. The smallest absolute Gasteiger partial charge is 0.0640 e. The Balaban J connectivity index is 1.55. The Kier molecular flexibility index (Phi) is 6.03. The van der Waals surface area contributed by atoms with Crippen LogP contribution in [0.2, 0.25) is 5.02 Å². The first kappa shape index (κ1) is 23.8. The van der Waals surface area contributed by atoms with Crippen LogP contribution in [-0.4, -0.2) is 0 Å². The van der Waals surface area contributed by atoms with E-state index in [2.05, 4.69) is 115 Å². The van der Waals surface area contributed by atoms with Crippen molar-refractivity contribution in [2.45, 2.75) is 26.2 Å². The molecule has 0 radical (unpaired) electrons. The molecule has 0 N–H and O–H groups in total. The highest BCUT2D eigenvalue weighted by atomic mass is 35.5. The topological polar surface area (TPSA) is 3.24 Å². The second kappa shape index (κ2) is 9.37. The van der Waals surface area contributed by atoms with Crippen LogP contribution in [-0.2, 0) is 5.41 Å². The molecule has 6 rings (SSSR count). The molecule has 0 aliphatic heterocycles. The molecule has 1 aromatic heterocycles. The number of allylic oxidation sites excluding steroid dienone is 3. The van der Waals surface area contributed by atoms with Crippen molar-refractivity contribution in [2.75, 3.05) is 4.90 Å². The van der Waals surface area contributed by atoms with Gasteiger partial charge in [0.15, 0.2) is 0 Å². The maximum atomic E-state index is 6.30. The number of thiophene rings is 1. The molecule has 0 spiro atoms. The molecule has 0 fully saturated rings. The predicted octanol–water partition coefficient (Wildman–Crippen LogP) is 10.9. The highest BCUT2D eigenvalue weighted by Crippen LogP contribution is 2.51. The number of anilines is 3. The van der Waals surface area contributed by atoms with Gasteiger partial charge in [-0.05, 0) is 82.6 Å². The van der Waals surface area contributed by atoms with Gasteiger partial charge in [0, 0.05) is 27.2 Å². The minimum Gasteiger partial charge on any atom is -0.309 e. The Morgan fingerprint density at radius 2 is 1.54 bits per heavy atom. The minimum absolute atomic E-state index is 0.0622. The van der Waals surface area contributed by atoms with Crippen molar-refractivity contribution < 1.29 is 0 Å². The van der Waals surface area contributed by atoms with Crippen LogP contribution < -0.4 is 4.90 Å². The van der Waals surface area contributed by atoms with E-state index in [0.29, 0.717) is 0 Å². The fraction of sp³-hybridized carbons (Fsp3) is 0.118. The lowest BCUT2D eigenvalue weighted by molar-refractivity contribution is 0.660. The van der Waals surface area contributed by atoms with Crippen LogP contribution in [0.5, 0.6) is 0 Å². The van der Waals surface area contributed by atoms with Crippen LogP contribution in [0.15, 0.2) is 109 Å². The molecule has 1 aliphatic rings. The first-order valence-corrected chi connectivity index (χ1v) is 13.8. The molecule has 0 saturated carbocycles. The summed E-state index contributed by atoms with van der Waals surface area (Å²) in [6, 6.07) is 30.5.